The second kappa shape index (κ2) is 3.96. The number of aryl methyl sites for hydroxylation is 1. The van der Waals surface area contributed by atoms with Gasteiger partial charge in [-0.25, -0.2) is 9.78 Å². The number of imidazole rings is 1. The van der Waals surface area contributed by atoms with Crippen LogP contribution in [-0.2, 0) is 13.1 Å². The highest BCUT2D eigenvalue weighted by Gasteiger charge is 2.10. The summed E-state index contributed by atoms with van der Waals surface area (Å²) in [7, 11) is 0. The van der Waals surface area contributed by atoms with Crippen molar-refractivity contribution in [2.24, 2.45) is 0 Å². The number of aromatic amines is 1. The summed E-state index contributed by atoms with van der Waals surface area (Å²) in [6.07, 6.45) is 2.31. The molecular weight excluding hydrogens is 208 g/mol. The lowest BCUT2D eigenvalue weighted by molar-refractivity contribution is 0.620. The molecule has 2 aromatic heterocycles. The molecule has 0 aliphatic heterocycles. The molecule has 0 fully saturated rings. The van der Waals surface area contributed by atoms with Crippen LogP contribution in [-0.4, -0.2) is 19.1 Å². The van der Waals surface area contributed by atoms with Gasteiger partial charge in [-0.3, -0.25) is 14.3 Å². The molecule has 0 atom stereocenters. The van der Waals surface area contributed by atoms with Crippen LogP contribution >= 0.6 is 0 Å². The molecule has 0 aliphatic carbocycles. The van der Waals surface area contributed by atoms with Gasteiger partial charge in [-0.15, -0.1) is 0 Å². The van der Waals surface area contributed by atoms with E-state index in [0.717, 1.165) is 6.42 Å². The summed E-state index contributed by atoms with van der Waals surface area (Å²) in [5.41, 5.74) is 0.155. The zero-order valence-electron chi connectivity index (χ0n) is 9.36. The number of fused-ring (bicyclic) bond motifs is 1. The molecule has 16 heavy (non-hydrogen) atoms. The summed E-state index contributed by atoms with van der Waals surface area (Å²) < 4.78 is 2.93. The number of nitrogens with one attached hydrogen (secondary N) is 1. The Hall–Kier alpha value is -1.85. The van der Waals surface area contributed by atoms with Crippen molar-refractivity contribution in [2.75, 3.05) is 0 Å². The fourth-order valence-corrected chi connectivity index (χ4v) is 1.73. The van der Waals surface area contributed by atoms with Crippen molar-refractivity contribution in [3.05, 3.63) is 27.2 Å². The van der Waals surface area contributed by atoms with Crippen LogP contribution in [0.1, 0.15) is 20.3 Å². The van der Waals surface area contributed by atoms with E-state index in [1.54, 1.807) is 10.9 Å². The van der Waals surface area contributed by atoms with Crippen LogP contribution in [0.4, 0.5) is 0 Å². The molecular formula is C10H14N4O2. The Labute approximate surface area is 91.5 Å². The number of rotatable bonds is 3. The average molecular weight is 222 g/mol. The molecule has 0 saturated heterocycles. The van der Waals surface area contributed by atoms with E-state index in [9.17, 15) is 9.59 Å². The Balaban J connectivity index is 2.80. The van der Waals surface area contributed by atoms with Gasteiger partial charge in [0.25, 0.3) is 5.56 Å². The van der Waals surface area contributed by atoms with Gasteiger partial charge in [-0.2, -0.15) is 0 Å². The lowest BCUT2D eigenvalue weighted by atomic mass is 10.4. The number of hydrogen-bond acceptors (Lipinski definition) is 3. The molecule has 0 unspecified atom stereocenters. The van der Waals surface area contributed by atoms with Crippen molar-refractivity contribution in [2.45, 2.75) is 33.4 Å². The van der Waals surface area contributed by atoms with Crippen LogP contribution < -0.4 is 11.2 Å². The van der Waals surface area contributed by atoms with Gasteiger partial charge in [0.15, 0.2) is 5.52 Å². The van der Waals surface area contributed by atoms with Crippen molar-refractivity contribution < 1.29 is 0 Å². The summed E-state index contributed by atoms with van der Waals surface area (Å²) in [6.45, 7) is 4.94. The van der Waals surface area contributed by atoms with Crippen LogP contribution in [0.2, 0.25) is 0 Å². The Bertz CT molecular complexity index is 620. The molecule has 6 nitrogen and oxygen atoms in total. The van der Waals surface area contributed by atoms with Gasteiger partial charge < -0.3 is 4.57 Å². The first kappa shape index (κ1) is 10.7. The standard InChI is InChI=1S/C10H14N4O2/c1-3-5-14-9(15)7-8(12-10(14)16)13(4-2)6-11-7/h6H,3-5H2,1-2H3,(H,12,16). The Morgan fingerprint density at radius 3 is 2.75 bits per heavy atom. The Kier molecular flexibility index (Phi) is 2.64. The van der Waals surface area contributed by atoms with Crippen molar-refractivity contribution in [3.63, 3.8) is 0 Å². The summed E-state index contributed by atoms with van der Waals surface area (Å²) >= 11 is 0. The van der Waals surface area contributed by atoms with E-state index < -0.39 is 0 Å². The zero-order chi connectivity index (χ0) is 11.7. The summed E-state index contributed by atoms with van der Waals surface area (Å²) in [5, 5.41) is 0. The molecule has 0 aromatic carbocycles. The molecule has 86 valence electrons. The van der Waals surface area contributed by atoms with Gasteiger partial charge in [-0.05, 0) is 13.3 Å². The highest BCUT2D eigenvalue weighted by Crippen LogP contribution is 2.02. The van der Waals surface area contributed by atoms with Gasteiger partial charge in [-0.1, -0.05) is 6.92 Å². The van der Waals surface area contributed by atoms with Crippen molar-refractivity contribution in [1.29, 1.82) is 0 Å². The van der Waals surface area contributed by atoms with Gasteiger partial charge in [0.05, 0.1) is 6.33 Å². The van der Waals surface area contributed by atoms with E-state index in [1.165, 1.54) is 4.57 Å². The first-order valence-electron chi connectivity index (χ1n) is 5.37. The smallest absolute Gasteiger partial charge is 0.317 e. The molecule has 2 rings (SSSR count). The average Bonchev–Trinajstić information content (AvgIpc) is 2.67. The predicted molar refractivity (Wildman–Crippen MR) is 60.6 cm³/mol. The normalized spacial score (nSPS) is 11.1. The summed E-state index contributed by atoms with van der Waals surface area (Å²) in [6, 6.07) is 0. The van der Waals surface area contributed by atoms with Crippen LogP contribution in [0.15, 0.2) is 15.9 Å². The first-order valence-corrected chi connectivity index (χ1v) is 5.37. The third kappa shape index (κ3) is 1.46. The van der Waals surface area contributed by atoms with Gasteiger partial charge >= 0.3 is 5.69 Å². The number of nitrogens with zero attached hydrogens (tertiary/aromatic N) is 3. The number of aromatic nitrogens is 4. The lowest BCUT2D eigenvalue weighted by Crippen LogP contribution is -2.35. The minimum Gasteiger partial charge on any atom is -0.317 e. The molecule has 0 radical (unpaired) electrons. The van der Waals surface area contributed by atoms with Crippen molar-refractivity contribution >= 4 is 11.2 Å². The molecule has 6 heteroatoms. The van der Waals surface area contributed by atoms with E-state index in [0.29, 0.717) is 24.3 Å². The fraction of sp³-hybridized carbons (Fsp3) is 0.500. The molecule has 0 bridgehead atoms. The van der Waals surface area contributed by atoms with Gasteiger partial charge in [0, 0.05) is 13.1 Å². The second-order valence-electron chi connectivity index (χ2n) is 3.61. The van der Waals surface area contributed by atoms with E-state index in [-0.39, 0.29) is 11.2 Å². The number of H-pyrrole nitrogens is 1. The highest BCUT2D eigenvalue weighted by atomic mass is 16.2. The molecule has 1 N–H and O–H groups in total. The molecule has 0 spiro atoms. The molecule has 0 aliphatic rings. The Morgan fingerprint density at radius 1 is 1.38 bits per heavy atom. The van der Waals surface area contributed by atoms with Crippen LogP contribution in [0, 0.1) is 0 Å². The quantitative estimate of drug-likeness (QED) is 0.812. The maximum absolute atomic E-state index is 11.9. The van der Waals surface area contributed by atoms with E-state index in [2.05, 4.69) is 9.97 Å². The lowest BCUT2D eigenvalue weighted by Gasteiger charge is -2.03. The second-order valence-corrected chi connectivity index (χ2v) is 3.61. The van der Waals surface area contributed by atoms with E-state index in [4.69, 9.17) is 0 Å². The minimum atomic E-state index is -0.366. The van der Waals surface area contributed by atoms with Crippen molar-refractivity contribution in [1.82, 2.24) is 19.1 Å². The summed E-state index contributed by atoms with van der Waals surface area (Å²) in [4.78, 5) is 30.3. The largest absolute Gasteiger partial charge is 0.330 e. The van der Waals surface area contributed by atoms with Gasteiger partial charge in [0.2, 0.25) is 0 Å². The van der Waals surface area contributed by atoms with Crippen LogP contribution in [0.5, 0.6) is 0 Å². The maximum Gasteiger partial charge on any atom is 0.330 e. The van der Waals surface area contributed by atoms with Crippen LogP contribution in [0.3, 0.4) is 0 Å². The molecule has 2 aromatic rings. The molecule has 0 amide bonds. The van der Waals surface area contributed by atoms with Gasteiger partial charge in [0.1, 0.15) is 5.65 Å². The van der Waals surface area contributed by atoms with Crippen molar-refractivity contribution in [3.8, 4) is 0 Å². The van der Waals surface area contributed by atoms with E-state index >= 15 is 0 Å². The highest BCUT2D eigenvalue weighted by molar-refractivity contribution is 5.68. The topological polar surface area (TPSA) is 72.7 Å². The van der Waals surface area contributed by atoms with E-state index in [1.807, 2.05) is 13.8 Å². The minimum absolute atomic E-state index is 0.312. The molecule has 0 saturated carbocycles. The number of hydrogen-bond donors (Lipinski definition) is 1. The zero-order valence-corrected chi connectivity index (χ0v) is 9.36. The Morgan fingerprint density at radius 2 is 2.12 bits per heavy atom. The van der Waals surface area contributed by atoms with Crippen LogP contribution in [0.25, 0.3) is 11.2 Å². The fourth-order valence-electron chi connectivity index (χ4n) is 1.73. The monoisotopic (exact) mass is 222 g/mol. The maximum atomic E-state index is 11.9. The SMILES string of the molecule is CCCn1c(=O)[nH]c2c(ncn2CC)c1=O. The summed E-state index contributed by atoms with van der Waals surface area (Å²) in [5.74, 6) is 0. The molecule has 2 heterocycles. The third-order valence-corrected chi connectivity index (χ3v) is 2.54. The predicted octanol–water partition coefficient (Wildman–Crippen LogP) is 0.316. The first-order chi connectivity index (χ1) is 7.69. The third-order valence-electron chi connectivity index (χ3n) is 2.54.